The molecule has 0 spiro atoms. The van der Waals surface area contributed by atoms with Crippen LogP contribution in [0.1, 0.15) is 0 Å². The summed E-state index contributed by atoms with van der Waals surface area (Å²) in [7, 11) is 0. The molecule has 0 saturated carbocycles. The van der Waals surface area contributed by atoms with E-state index in [0.29, 0.717) is 5.69 Å². The lowest BCUT2D eigenvalue weighted by atomic mass is 10.4. The highest BCUT2D eigenvalue weighted by Crippen LogP contribution is 2.02. The summed E-state index contributed by atoms with van der Waals surface area (Å²) >= 11 is 0. The molecule has 0 unspecified atom stereocenters. The van der Waals surface area contributed by atoms with Gasteiger partial charge >= 0.3 is 0 Å². The molecule has 0 N–H and O–H groups in total. The van der Waals surface area contributed by atoms with E-state index in [0.717, 1.165) is 12.3 Å². The van der Waals surface area contributed by atoms with Gasteiger partial charge in [0.25, 0.3) is 5.56 Å². The van der Waals surface area contributed by atoms with Gasteiger partial charge in [0.15, 0.2) is 0 Å². The second-order valence-corrected chi connectivity index (χ2v) is 2.77. The lowest BCUT2D eigenvalue weighted by Crippen LogP contribution is -2.16. The predicted octanol–water partition coefficient (Wildman–Crippen LogP) is 1.37. The summed E-state index contributed by atoms with van der Waals surface area (Å²) in [4.78, 5) is 15.2. The second kappa shape index (κ2) is 3.41. The normalized spacial score (nSPS) is 10.1. The number of rotatable bonds is 1. The first-order chi connectivity index (χ1) is 6.77. The van der Waals surface area contributed by atoms with Gasteiger partial charge in [0.05, 0.1) is 11.9 Å². The van der Waals surface area contributed by atoms with Crippen LogP contribution in [0.5, 0.6) is 0 Å². The Labute approximate surface area is 79.5 Å². The highest BCUT2D eigenvalue weighted by Gasteiger charge is 1.99. The topological polar surface area (TPSA) is 34.9 Å². The summed E-state index contributed by atoms with van der Waals surface area (Å²) < 4.78 is 14.1. The van der Waals surface area contributed by atoms with Crippen molar-refractivity contribution in [2.24, 2.45) is 0 Å². The van der Waals surface area contributed by atoms with E-state index in [2.05, 4.69) is 4.98 Å². The molecule has 70 valence electrons. The lowest BCUT2D eigenvalue weighted by Gasteiger charge is -2.03. The van der Waals surface area contributed by atoms with E-state index in [4.69, 9.17) is 0 Å². The molecule has 0 aliphatic rings. The third kappa shape index (κ3) is 1.54. The third-order valence-corrected chi connectivity index (χ3v) is 1.80. The fourth-order valence-electron chi connectivity index (χ4n) is 1.16. The first-order valence-corrected chi connectivity index (χ1v) is 4.06. The van der Waals surface area contributed by atoms with Gasteiger partial charge in [0.2, 0.25) is 0 Å². The van der Waals surface area contributed by atoms with Crippen LogP contribution in [0.2, 0.25) is 0 Å². The molecule has 0 radical (unpaired) electrons. The third-order valence-electron chi connectivity index (χ3n) is 1.80. The van der Waals surface area contributed by atoms with E-state index < -0.39 is 5.82 Å². The predicted molar refractivity (Wildman–Crippen MR) is 49.8 cm³/mol. The largest absolute Gasteiger partial charge is 0.280 e. The SMILES string of the molecule is O=c1ccc(F)cn1-c1cccnc1. The van der Waals surface area contributed by atoms with Gasteiger partial charge in [-0.15, -0.1) is 0 Å². The number of halogens is 1. The van der Waals surface area contributed by atoms with Crippen molar-refractivity contribution in [1.29, 1.82) is 0 Å². The number of aromatic nitrogens is 2. The highest BCUT2D eigenvalue weighted by molar-refractivity contribution is 5.28. The first-order valence-electron chi connectivity index (χ1n) is 4.06. The molecular weight excluding hydrogens is 183 g/mol. The summed E-state index contributed by atoms with van der Waals surface area (Å²) in [5.74, 6) is -0.451. The van der Waals surface area contributed by atoms with E-state index in [1.54, 1.807) is 18.3 Å². The molecule has 3 nitrogen and oxygen atoms in total. The average molecular weight is 190 g/mol. The maximum atomic E-state index is 12.9. The van der Waals surface area contributed by atoms with Gasteiger partial charge in [-0.25, -0.2) is 4.39 Å². The van der Waals surface area contributed by atoms with Gasteiger partial charge in [-0.05, 0) is 18.2 Å². The van der Waals surface area contributed by atoms with Crippen molar-refractivity contribution >= 4 is 0 Å². The Morgan fingerprint density at radius 3 is 2.86 bits per heavy atom. The number of pyridine rings is 2. The van der Waals surface area contributed by atoms with Crippen molar-refractivity contribution in [3.63, 3.8) is 0 Å². The van der Waals surface area contributed by atoms with E-state index >= 15 is 0 Å². The fraction of sp³-hybridized carbons (Fsp3) is 0. The van der Waals surface area contributed by atoms with Crippen molar-refractivity contribution in [3.05, 3.63) is 59.0 Å². The standard InChI is InChI=1S/C10H7FN2O/c11-8-3-4-10(14)13(7-8)9-2-1-5-12-6-9/h1-7H. The summed E-state index contributed by atoms with van der Waals surface area (Å²) in [6, 6.07) is 5.69. The van der Waals surface area contributed by atoms with Gasteiger partial charge in [-0.1, -0.05) is 0 Å². The van der Waals surface area contributed by atoms with Crippen LogP contribution in [-0.2, 0) is 0 Å². The van der Waals surface area contributed by atoms with Crippen LogP contribution in [0, 0.1) is 5.82 Å². The van der Waals surface area contributed by atoms with Crippen LogP contribution in [0.3, 0.4) is 0 Å². The van der Waals surface area contributed by atoms with Crippen molar-refractivity contribution < 1.29 is 4.39 Å². The summed E-state index contributed by atoms with van der Waals surface area (Å²) in [5.41, 5.74) is 0.274. The summed E-state index contributed by atoms with van der Waals surface area (Å²) in [5, 5.41) is 0. The minimum Gasteiger partial charge on any atom is -0.280 e. The van der Waals surface area contributed by atoms with Crippen LogP contribution in [0.25, 0.3) is 5.69 Å². The van der Waals surface area contributed by atoms with E-state index in [1.807, 2.05) is 0 Å². The first kappa shape index (κ1) is 8.62. The molecule has 4 heteroatoms. The molecule has 0 amide bonds. The Hall–Kier alpha value is -1.97. The minimum absolute atomic E-state index is 0.278. The van der Waals surface area contributed by atoms with Crippen LogP contribution in [0.15, 0.2) is 47.7 Å². The molecule has 0 atom stereocenters. The monoisotopic (exact) mass is 190 g/mol. The van der Waals surface area contributed by atoms with Gasteiger partial charge in [0, 0.05) is 18.5 Å². The Bertz CT molecular complexity index is 493. The molecule has 0 fully saturated rings. The van der Waals surface area contributed by atoms with Gasteiger partial charge in [0.1, 0.15) is 5.82 Å². The van der Waals surface area contributed by atoms with Crippen molar-refractivity contribution in [2.45, 2.75) is 0 Å². The zero-order valence-corrected chi connectivity index (χ0v) is 7.22. The quantitative estimate of drug-likeness (QED) is 0.680. The minimum atomic E-state index is -0.451. The van der Waals surface area contributed by atoms with Crippen LogP contribution >= 0.6 is 0 Å². The lowest BCUT2D eigenvalue weighted by molar-refractivity contribution is 0.612. The molecule has 0 aliphatic carbocycles. The van der Waals surface area contributed by atoms with Crippen LogP contribution < -0.4 is 5.56 Å². The molecule has 0 aliphatic heterocycles. The zero-order chi connectivity index (χ0) is 9.97. The molecule has 0 aromatic carbocycles. The van der Waals surface area contributed by atoms with Gasteiger partial charge in [-0.3, -0.25) is 14.3 Å². The highest BCUT2D eigenvalue weighted by atomic mass is 19.1. The van der Waals surface area contributed by atoms with Crippen LogP contribution in [-0.4, -0.2) is 9.55 Å². The Kier molecular flexibility index (Phi) is 2.10. The molecule has 2 aromatic rings. The molecule has 14 heavy (non-hydrogen) atoms. The zero-order valence-electron chi connectivity index (χ0n) is 7.22. The fourth-order valence-corrected chi connectivity index (χ4v) is 1.16. The van der Waals surface area contributed by atoms with Gasteiger partial charge in [-0.2, -0.15) is 0 Å². The van der Waals surface area contributed by atoms with E-state index in [-0.39, 0.29) is 5.56 Å². The Morgan fingerprint density at radius 1 is 1.29 bits per heavy atom. The van der Waals surface area contributed by atoms with E-state index in [1.165, 1.54) is 16.8 Å². The Balaban J connectivity index is 2.63. The van der Waals surface area contributed by atoms with Crippen molar-refractivity contribution in [2.75, 3.05) is 0 Å². The maximum absolute atomic E-state index is 12.9. The van der Waals surface area contributed by atoms with Crippen molar-refractivity contribution in [3.8, 4) is 5.69 Å². The molecule has 2 aromatic heterocycles. The molecule has 2 heterocycles. The Morgan fingerprint density at radius 2 is 2.14 bits per heavy atom. The summed E-state index contributed by atoms with van der Waals surface area (Å²) in [6.45, 7) is 0. The smallest absolute Gasteiger partial charge is 0.255 e. The maximum Gasteiger partial charge on any atom is 0.255 e. The number of nitrogens with zero attached hydrogens (tertiary/aromatic N) is 2. The van der Waals surface area contributed by atoms with E-state index in [9.17, 15) is 9.18 Å². The number of hydrogen-bond acceptors (Lipinski definition) is 2. The number of hydrogen-bond donors (Lipinski definition) is 0. The second-order valence-electron chi connectivity index (χ2n) is 2.77. The average Bonchev–Trinajstić information content (AvgIpc) is 2.23. The molecular formula is C10H7FN2O. The van der Waals surface area contributed by atoms with Crippen LogP contribution in [0.4, 0.5) is 4.39 Å². The summed E-state index contributed by atoms with van der Waals surface area (Å²) in [6.07, 6.45) is 4.23. The van der Waals surface area contributed by atoms with Crippen molar-refractivity contribution in [1.82, 2.24) is 9.55 Å². The molecule has 0 saturated heterocycles. The molecule has 0 bridgehead atoms. The van der Waals surface area contributed by atoms with Gasteiger partial charge < -0.3 is 0 Å². The molecule has 2 rings (SSSR count).